The highest BCUT2D eigenvalue weighted by molar-refractivity contribution is 5.18. The zero-order chi connectivity index (χ0) is 15.3. The fourth-order valence-electron chi connectivity index (χ4n) is 3.24. The van der Waals surface area contributed by atoms with Gasteiger partial charge in [-0.1, -0.05) is 25.0 Å². The first kappa shape index (κ1) is 16.4. The van der Waals surface area contributed by atoms with E-state index in [2.05, 4.69) is 24.2 Å². The van der Waals surface area contributed by atoms with E-state index in [4.69, 9.17) is 5.84 Å². The molecule has 2 rings (SSSR count). The summed E-state index contributed by atoms with van der Waals surface area (Å²) in [5, 5.41) is 0. The van der Waals surface area contributed by atoms with Crippen LogP contribution in [0, 0.1) is 5.82 Å². The lowest BCUT2D eigenvalue weighted by Gasteiger charge is -2.43. The summed E-state index contributed by atoms with van der Waals surface area (Å²) in [6, 6.07) is 6.86. The molecule has 1 atom stereocenters. The average Bonchev–Trinajstić information content (AvgIpc) is 2.76. The molecular weight excluding hydrogens is 265 g/mol. The van der Waals surface area contributed by atoms with Crippen molar-refractivity contribution in [3.63, 3.8) is 0 Å². The summed E-state index contributed by atoms with van der Waals surface area (Å²) < 4.78 is 13.0. The Hall–Kier alpha value is -0.970. The number of halogens is 1. The monoisotopic (exact) mass is 293 g/mol. The van der Waals surface area contributed by atoms with Crippen LogP contribution in [0.25, 0.3) is 0 Å². The maximum absolute atomic E-state index is 13.0. The molecule has 0 saturated carbocycles. The topological polar surface area (TPSA) is 41.3 Å². The van der Waals surface area contributed by atoms with Gasteiger partial charge in [-0.05, 0) is 63.9 Å². The van der Waals surface area contributed by atoms with Crippen molar-refractivity contribution >= 4 is 0 Å². The normalized spacial score (nSPS) is 19.2. The molecule has 1 unspecified atom stereocenters. The van der Waals surface area contributed by atoms with Crippen LogP contribution in [-0.4, -0.2) is 29.6 Å². The third-order valence-electron chi connectivity index (χ3n) is 4.83. The predicted molar refractivity (Wildman–Crippen MR) is 85.3 cm³/mol. The summed E-state index contributed by atoms with van der Waals surface area (Å²) >= 11 is 0. The minimum Gasteiger partial charge on any atom is -0.297 e. The number of nitrogens with one attached hydrogen (secondary N) is 1. The molecule has 3 N–H and O–H groups in total. The molecule has 0 aromatic heterocycles. The van der Waals surface area contributed by atoms with E-state index >= 15 is 0 Å². The minimum absolute atomic E-state index is 0.0204. The standard InChI is InChI=1S/C17H28FN3/c1-17(2,21-11-5-3-4-6-12-21)16(20-19)13-14-7-9-15(18)10-8-14/h7-10,16,20H,3-6,11-13,19H2,1-2H3. The SMILES string of the molecule is CC(C)(C(Cc1ccc(F)cc1)NN)N1CCCCCC1. The fraction of sp³-hybridized carbons (Fsp3) is 0.647. The van der Waals surface area contributed by atoms with Gasteiger partial charge in [0.25, 0.3) is 0 Å². The molecule has 1 saturated heterocycles. The average molecular weight is 293 g/mol. The van der Waals surface area contributed by atoms with Gasteiger partial charge in [0.1, 0.15) is 5.82 Å². The Morgan fingerprint density at radius 2 is 1.71 bits per heavy atom. The molecule has 0 spiro atoms. The molecule has 0 bridgehead atoms. The van der Waals surface area contributed by atoms with Crippen LogP contribution in [0.3, 0.4) is 0 Å². The summed E-state index contributed by atoms with van der Waals surface area (Å²) in [6.07, 6.45) is 5.98. The van der Waals surface area contributed by atoms with Gasteiger partial charge in [-0.3, -0.25) is 16.2 Å². The predicted octanol–water partition coefficient (Wildman–Crippen LogP) is 2.85. The van der Waals surface area contributed by atoms with E-state index in [9.17, 15) is 4.39 Å². The quantitative estimate of drug-likeness (QED) is 0.648. The van der Waals surface area contributed by atoms with Gasteiger partial charge in [0.2, 0.25) is 0 Å². The molecule has 118 valence electrons. The van der Waals surface area contributed by atoms with Crippen LogP contribution in [0.15, 0.2) is 24.3 Å². The van der Waals surface area contributed by atoms with Gasteiger partial charge >= 0.3 is 0 Å². The van der Waals surface area contributed by atoms with Crippen LogP contribution in [0.1, 0.15) is 45.1 Å². The number of rotatable bonds is 5. The number of hydrazine groups is 1. The smallest absolute Gasteiger partial charge is 0.123 e. The molecule has 1 aliphatic heterocycles. The molecular formula is C17H28FN3. The number of hydrogen-bond acceptors (Lipinski definition) is 3. The second kappa shape index (κ2) is 7.34. The van der Waals surface area contributed by atoms with Crippen LogP contribution >= 0.6 is 0 Å². The maximum Gasteiger partial charge on any atom is 0.123 e. The van der Waals surface area contributed by atoms with E-state index in [1.807, 2.05) is 12.1 Å². The Morgan fingerprint density at radius 3 is 2.24 bits per heavy atom. The van der Waals surface area contributed by atoms with Gasteiger partial charge in [-0.15, -0.1) is 0 Å². The zero-order valence-corrected chi connectivity index (χ0v) is 13.2. The second-order valence-electron chi connectivity index (χ2n) is 6.60. The molecule has 1 aliphatic rings. The van der Waals surface area contributed by atoms with Crippen molar-refractivity contribution in [1.29, 1.82) is 0 Å². The minimum atomic E-state index is -0.192. The van der Waals surface area contributed by atoms with E-state index in [0.29, 0.717) is 0 Å². The maximum atomic E-state index is 13.0. The van der Waals surface area contributed by atoms with Crippen molar-refractivity contribution in [2.45, 2.75) is 57.5 Å². The second-order valence-corrected chi connectivity index (χ2v) is 6.60. The first-order valence-electron chi connectivity index (χ1n) is 7.99. The summed E-state index contributed by atoms with van der Waals surface area (Å²) in [7, 11) is 0. The van der Waals surface area contributed by atoms with E-state index in [1.54, 1.807) is 0 Å². The van der Waals surface area contributed by atoms with Crippen molar-refractivity contribution < 1.29 is 4.39 Å². The molecule has 1 aromatic carbocycles. The number of nitrogens with two attached hydrogens (primary N) is 1. The van der Waals surface area contributed by atoms with Crippen molar-refractivity contribution in [1.82, 2.24) is 10.3 Å². The number of benzene rings is 1. The van der Waals surface area contributed by atoms with Gasteiger partial charge in [0.05, 0.1) is 0 Å². The summed E-state index contributed by atoms with van der Waals surface area (Å²) in [5.41, 5.74) is 4.08. The van der Waals surface area contributed by atoms with E-state index in [-0.39, 0.29) is 17.4 Å². The van der Waals surface area contributed by atoms with Crippen LogP contribution < -0.4 is 11.3 Å². The summed E-state index contributed by atoms with van der Waals surface area (Å²) in [6.45, 7) is 6.78. The van der Waals surface area contributed by atoms with Gasteiger partial charge in [-0.25, -0.2) is 4.39 Å². The molecule has 1 heterocycles. The lowest BCUT2D eigenvalue weighted by Crippen LogP contribution is -2.60. The first-order chi connectivity index (χ1) is 10.0. The third-order valence-corrected chi connectivity index (χ3v) is 4.83. The zero-order valence-electron chi connectivity index (χ0n) is 13.2. The van der Waals surface area contributed by atoms with Gasteiger partial charge in [0, 0.05) is 11.6 Å². The molecule has 4 heteroatoms. The molecule has 21 heavy (non-hydrogen) atoms. The van der Waals surface area contributed by atoms with Crippen molar-refractivity contribution in [2.75, 3.05) is 13.1 Å². The Morgan fingerprint density at radius 1 is 1.14 bits per heavy atom. The lowest BCUT2D eigenvalue weighted by atomic mass is 9.87. The summed E-state index contributed by atoms with van der Waals surface area (Å²) in [4.78, 5) is 2.55. The Balaban J connectivity index is 2.08. The highest BCUT2D eigenvalue weighted by atomic mass is 19.1. The van der Waals surface area contributed by atoms with Gasteiger partial charge in [-0.2, -0.15) is 0 Å². The number of hydrogen-bond donors (Lipinski definition) is 2. The van der Waals surface area contributed by atoms with Gasteiger partial charge < -0.3 is 0 Å². The Bertz CT molecular complexity index is 422. The molecule has 1 aromatic rings. The number of likely N-dealkylation sites (tertiary alicyclic amines) is 1. The molecule has 3 nitrogen and oxygen atoms in total. The molecule has 0 aliphatic carbocycles. The van der Waals surface area contributed by atoms with Crippen molar-refractivity contribution in [3.8, 4) is 0 Å². The molecule has 0 amide bonds. The highest BCUT2D eigenvalue weighted by Crippen LogP contribution is 2.25. The van der Waals surface area contributed by atoms with Crippen LogP contribution in [0.2, 0.25) is 0 Å². The van der Waals surface area contributed by atoms with Crippen molar-refractivity contribution in [2.24, 2.45) is 5.84 Å². The highest BCUT2D eigenvalue weighted by Gasteiger charge is 2.34. The number of nitrogens with zero attached hydrogens (tertiary/aromatic N) is 1. The van der Waals surface area contributed by atoms with Crippen LogP contribution in [-0.2, 0) is 6.42 Å². The van der Waals surface area contributed by atoms with E-state index in [0.717, 1.165) is 25.1 Å². The lowest BCUT2D eigenvalue weighted by molar-refractivity contribution is 0.0835. The van der Waals surface area contributed by atoms with Crippen LogP contribution in [0.4, 0.5) is 4.39 Å². The van der Waals surface area contributed by atoms with Crippen LogP contribution in [0.5, 0.6) is 0 Å². The Kier molecular flexibility index (Phi) is 5.73. The largest absolute Gasteiger partial charge is 0.297 e. The fourth-order valence-corrected chi connectivity index (χ4v) is 3.24. The van der Waals surface area contributed by atoms with Crippen molar-refractivity contribution in [3.05, 3.63) is 35.6 Å². The molecule has 1 fully saturated rings. The van der Waals surface area contributed by atoms with Gasteiger partial charge in [0.15, 0.2) is 0 Å². The Labute approximate surface area is 127 Å². The first-order valence-corrected chi connectivity index (χ1v) is 7.99. The summed E-state index contributed by atoms with van der Waals surface area (Å²) in [5.74, 6) is 5.64. The third kappa shape index (κ3) is 4.25. The molecule has 0 radical (unpaired) electrons. The van der Waals surface area contributed by atoms with E-state index in [1.165, 1.54) is 37.8 Å². The van der Waals surface area contributed by atoms with E-state index < -0.39 is 0 Å².